The number of nitrogen functional groups attached to an aromatic ring is 1. The highest BCUT2D eigenvalue weighted by Gasteiger charge is 2.07. The van der Waals surface area contributed by atoms with Crippen molar-refractivity contribution in [2.24, 2.45) is 7.05 Å². The fourth-order valence-electron chi connectivity index (χ4n) is 1.69. The maximum absolute atomic E-state index is 13.0. The standard InChI is InChI=1S/C13H15FN4O/c1-18-7-5-10(17-18)4-6-16-13(19)9-2-3-11(14)12(15)8-9/h2-3,5,7-8H,4,6,15H2,1H3,(H,16,19). The van der Waals surface area contributed by atoms with E-state index < -0.39 is 5.82 Å². The van der Waals surface area contributed by atoms with E-state index in [-0.39, 0.29) is 11.6 Å². The van der Waals surface area contributed by atoms with Crippen LogP contribution in [0.25, 0.3) is 0 Å². The van der Waals surface area contributed by atoms with E-state index in [2.05, 4.69) is 10.4 Å². The van der Waals surface area contributed by atoms with Crippen molar-refractivity contribution in [2.75, 3.05) is 12.3 Å². The second kappa shape index (κ2) is 5.51. The van der Waals surface area contributed by atoms with Gasteiger partial charge in [0.1, 0.15) is 5.82 Å². The van der Waals surface area contributed by atoms with Crippen LogP contribution in [0, 0.1) is 5.82 Å². The number of anilines is 1. The zero-order chi connectivity index (χ0) is 13.8. The number of rotatable bonds is 4. The number of hydrogen-bond acceptors (Lipinski definition) is 3. The summed E-state index contributed by atoms with van der Waals surface area (Å²) in [4.78, 5) is 11.8. The molecule has 1 aromatic carbocycles. The molecule has 1 amide bonds. The molecule has 5 nitrogen and oxygen atoms in total. The van der Waals surface area contributed by atoms with Gasteiger partial charge >= 0.3 is 0 Å². The highest BCUT2D eigenvalue weighted by molar-refractivity contribution is 5.95. The molecule has 0 aliphatic rings. The Kier molecular flexibility index (Phi) is 3.79. The lowest BCUT2D eigenvalue weighted by Crippen LogP contribution is -2.26. The lowest BCUT2D eigenvalue weighted by Gasteiger charge is -2.05. The first-order chi connectivity index (χ1) is 9.06. The van der Waals surface area contributed by atoms with Gasteiger partial charge < -0.3 is 11.1 Å². The molecule has 2 aromatic rings. The summed E-state index contributed by atoms with van der Waals surface area (Å²) in [5, 5.41) is 6.94. The van der Waals surface area contributed by atoms with Gasteiger partial charge in [0.25, 0.3) is 5.91 Å². The normalized spacial score (nSPS) is 10.4. The Labute approximate surface area is 110 Å². The number of hydrogen-bond donors (Lipinski definition) is 2. The molecule has 0 aliphatic heterocycles. The largest absolute Gasteiger partial charge is 0.396 e. The summed E-state index contributed by atoms with van der Waals surface area (Å²) in [7, 11) is 1.84. The molecule has 0 fully saturated rings. The molecule has 0 radical (unpaired) electrons. The number of halogens is 1. The van der Waals surface area contributed by atoms with E-state index in [4.69, 9.17) is 5.73 Å². The second-order valence-corrected chi connectivity index (χ2v) is 4.22. The maximum atomic E-state index is 13.0. The number of amides is 1. The van der Waals surface area contributed by atoms with Crippen LogP contribution in [0.5, 0.6) is 0 Å². The Balaban J connectivity index is 1.89. The fraction of sp³-hybridized carbons (Fsp3) is 0.231. The first-order valence-electron chi connectivity index (χ1n) is 5.88. The summed E-state index contributed by atoms with van der Waals surface area (Å²) in [5.74, 6) is -0.798. The monoisotopic (exact) mass is 262 g/mol. The van der Waals surface area contributed by atoms with Crippen LogP contribution in [0.15, 0.2) is 30.5 Å². The second-order valence-electron chi connectivity index (χ2n) is 4.22. The van der Waals surface area contributed by atoms with Crippen LogP contribution in [0.4, 0.5) is 10.1 Å². The van der Waals surface area contributed by atoms with Crippen molar-refractivity contribution in [1.82, 2.24) is 15.1 Å². The minimum absolute atomic E-state index is 0.0302. The summed E-state index contributed by atoms with van der Waals surface area (Å²) in [5.41, 5.74) is 6.63. The van der Waals surface area contributed by atoms with E-state index in [1.54, 1.807) is 4.68 Å². The molecule has 0 atom stereocenters. The molecule has 0 aliphatic carbocycles. The van der Waals surface area contributed by atoms with Gasteiger partial charge in [0.15, 0.2) is 0 Å². The number of aromatic nitrogens is 2. The average Bonchev–Trinajstić information content (AvgIpc) is 2.78. The number of nitrogens with two attached hydrogens (primary N) is 1. The summed E-state index contributed by atoms with van der Waals surface area (Å²) in [6.45, 7) is 0.465. The average molecular weight is 262 g/mol. The van der Waals surface area contributed by atoms with Crippen molar-refractivity contribution in [2.45, 2.75) is 6.42 Å². The molecule has 1 aromatic heterocycles. The topological polar surface area (TPSA) is 72.9 Å². The van der Waals surface area contributed by atoms with Crippen molar-refractivity contribution in [3.8, 4) is 0 Å². The molecule has 2 rings (SSSR count). The highest BCUT2D eigenvalue weighted by Crippen LogP contribution is 2.11. The van der Waals surface area contributed by atoms with E-state index in [0.717, 1.165) is 5.69 Å². The molecule has 0 spiro atoms. The number of benzene rings is 1. The van der Waals surface area contributed by atoms with Gasteiger partial charge in [-0.05, 0) is 24.3 Å². The Morgan fingerprint density at radius 2 is 2.26 bits per heavy atom. The SMILES string of the molecule is Cn1ccc(CCNC(=O)c2ccc(F)c(N)c2)n1. The number of aryl methyl sites for hydroxylation is 1. The van der Waals surface area contributed by atoms with Gasteiger partial charge in [-0.2, -0.15) is 5.10 Å². The molecular weight excluding hydrogens is 247 g/mol. The Morgan fingerprint density at radius 3 is 2.89 bits per heavy atom. The molecule has 3 N–H and O–H groups in total. The van der Waals surface area contributed by atoms with Gasteiger partial charge in [-0.1, -0.05) is 0 Å². The van der Waals surface area contributed by atoms with Gasteiger partial charge in [0.05, 0.1) is 11.4 Å². The van der Waals surface area contributed by atoms with Crippen molar-refractivity contribution in [3.05, 3.63) is 47.5 Å². The molecule has 1 heterocycles. The summed E-state index contributed by atoms with van der Waals surface area (Å²) in [6.07, 6.45) is 2.49. The Morgan fingerprint density at radius 1 is 1.47 bits per heavy atom. The first-order valence-corrected chi connectivity index (χ1v) is 5.88. The third-order valence-corrected chi connectivity index (χ3v) is 2.69. The quantitative estimate of drug-likeness (QED) is 0.811. The van der Waals surface area contributed by atoms with E-state index in [0.29, 0.717) is 18.5 Å². The molecule has 0 saturated carbocycles. The van der Waals surface area contributed by atoms with Gasteiger partial charge in [0, 0.05) is 31.8 Å². The van der Waals surface area contributed by atoms with E-state index in [9.17, 15) is 9.18 Å². The van der Waals surface area contributed by atoms with E-state index in [1.165, 1.54) is 18.2 Å². The first kappa shape index (κ1) is 13.1. The van der Waals surface area contributed by atoms with E-state index in [1.807, 2.05) is 19.3 Å². The summed E-state index contributed by atoms with van der Waals surface area (Å²) in [6, 6.07) is 5.80. The van der Waals surface area contributed by atoms with Crippen LogP contribution in [-0.4, -0.2) is 22.2 Å². The minimum Gasteiger partial charge on any atom is -0.396 e. The van der Waals surface area contributed by atoms with Crippen molar-refractivity contribution in [3.63, 3.8) is 0 Å². The molecule has 6 heteroatoms. The lowest BCUT2D eigenvalue weighted by atomic mass is 10.2. The number of nitrogens with one attached hydrogen (secondary N) is 1. The zero-order valence-corrected chi connectivity index (χ0v) is 10.6. The van der Waals surface area contributed by atoms with Crippen molar-refractivity contribution >= 4 is 11.6 Å². The smallest absolute Gasteiger partial charge is 0.251 e. The molecular formula is C13H15FN4O. The maximum Gasteiger partial charge on any atom is 0.251 e. The van der Waals surface area contributed by atoms with E-state index >= 15 is 0 Å². The van der Waals surface area contributed by atoms with Crippen molar-refractivity contribution < 1.29 is 9.18 Å². The third-order valence-electron chi connectivity index (χ3n) is 2.69. The summed E-state index contributed by atoms with van der Waals surface area (Å²) >= 11 is 0. The van der Waals surface area contributed by atoms with Crippen LogP contribution in [0.1, 0.15) is 16.1 Å². The van der Waals surface area contributed by atoms with Gasteiger partial charge in [-0.15, -0.1) is 0 Å². The minimum atomic E-state index is -0.523. The molecule has 0 unspecified atom stereocenters. The number of carbonyl (C=O) groups is 1. The zero-order valence-electron chi connectivity index (χ0n) is 10.6. The van der Waals surface area contributed by atoms with Crippen LogP contribution >= 0.6 is 0 Å². The highest BCUT2D eigenvalue weighted by atomic mass is 19.1. The van der Waals surface area contributed by atoms with Gasteiger partial charge in [0.2, 0.25) is 0 Å². The molecule has 0 saturated heterocycles. The molecule has 100 valence electrons. The van der Waals surface area contributed by atoms with Crippen LogP contribution < -0.4 is 11.1 Å². The van der Waals surface area contributed by atoms with Crippen LogP contribution in [0.3, 0.4) is 0 Å². The predicted octanol–water partition coefficient (Wildman–Crippen LogP) is 1.11. The van der Waals surface area contributed by atoms with Gasteiger partial charge in [-0.3, -0.25) is 9.48 Å². The molecule has 0 bridgehead atoms. The lowest BCUT2D eigenvalue weighted by molar-refractivity contribution is 0.0954. The Hall–Kier alpha value is -2.37. The fourth-order valence-corrected chi connectivity index (χ4v) is 1.69. The predicted molar refractivity (Wildman–Crippen MR) is 70.1 cm³/mol. The molecule has 19 heavy (non-hydrogen) atoms. The van der Waals surface area contributed by atoms with Crippen molar-refractivity contribution in [1.29, 1.82) is 0 Å². The van der Waals surface area contributed by atoms with Crippen LogP contribution in [0.2, 0.25) is 0 Å². The van der Waals surface area contributed by atoms with Gasteiger partial charge in [-0.25, -0.2) is 4.39 Å². The number of nitrogens with zero attached hydrogens (tertiary/aromatic N) is 2. The number of carbonyl (C=O) groups excluding carboxylic acids is 1. The van der Waals surface area contributed by atoms with Crippen LogP contribution in [-0.2, 0) is 13.5 Å². The summed E-state index contributed by atoms with van der Waals surface area (Å²) < 4.78 is 14.7. The third kappa shape index (κ3) is 3.31. The Bertz CT molecular complexity index is 594.